The molecule has 0 heterocycles. The van der Waals surface area contributed by atoms with Crippen molar-refractivity contribution in [3.8, 4) is 11.8 Å². The molecular weight excluding hydrogens is 169 g/mol. The molecule has 1 aromatic carbocycles. The summed E-state index contributed by atoms with van der Waals surface area (Å²) in [5.41, 5.74) is 0.357. The highest BCUT2D eigenvalue weighted by Gasteiger charge is 2.05. The van der Waals surface area contributed by atoms with Gasteiger partial charge in [0.2, 0.25) is 0 Å². The van der Waals surface area contributed by atoms with Crippen LogP contribution in [0.5, 0.6) is 5.75 Å². The lowest BCUT2D eigenvalue weighted by Crippen LogP contribution is -2.06. The zero-order chi connectivity index (χ0) is 9.84. The Hall–Kier alpha value is -1.56. The Labute approximate surface area is 76.6 Å². The molecular formula is C10H10FNO. The minimum atomic E-state index is -0.394. The van der Waals surface area contributed by atoms with E-state index in [1.807, 2.05) is 19.9 Å². The fourth-order valence-electron chi connectivity index (χ4n) is 0.940. The fraction of sp³-hybridized carbons (Fsp3) is 0.300. The average molecular weight is 179 g/mol. The molecule has 0 aliphatic carbocycles. The molecule has 0 fully saturated rings. The van der Waals surface area contributed by atoms with Gasteiger partial charge in [0, 0.05) is 6.07 Å². The third-order valence-corrected chi connectivity index (χ3v) is 1.43. The number of halogens is 1. The van der Waals surface area contributed by atoms with Gasteiger partial charge in [0.05, 0.1) is 11.7 Å². The molecule has 0 N–H and O–H groups in total. The fourth-order valence-corrected chi connectivity index (χ4v) is 0.940. The first kappa shape index (κ1) is 9.53. The molecule has 3 heteroatoms. The molecule has 0 aliphatic rings. The van der Waals surface area contributed by atoms with Crippen molar-refractivity contribution in [2.24, 2.45) is 0 Å². The summed E-state index contributed by atoms with van der Waals surface area (Å²) in [6, 6.07) is 5.81. The summed E-state index contributed by atoms with van der Waals surface area (Å²) < 4.78 is 18.0. The summed E-state index contributed by atoms with van der Waals surface area (Å²) in [6.45, 7) is 3.65. The van der Waals surface area contributed by atoms with Crippen LogP contribution in [0.1, 0.15) is 19.4 Å². The van der Waals surface area contributed by atoms with Gasteiger partial charge in [0.15, 0.2) is 0 Å². The van der Waals surface area contributed by atoms with Gasteiger partial charge in [-0.05, 0) is 26.0 Å². The van der Waals surface area contributed by atoms with Gasteiger partial charge in [-0.1, -0.05) is 0 Å². The van der Waals surface area contributed by atoms with E-state index in [0.29, 0.717) is 11.3 Å². The maximum absolute atomic E-state index is 12.7. The molecule has 0 unspecified atom stereocenters. The molecule has 0 saturated heterocycles. The van der Waals surface area contributed by atoms with Crippen molar-refractivity contribution in [2.45, 2.75) is 20.0 Å². The molecule has 0 saturated carbocycles. The molecule has 0 bridgehead atoms. The summed E-state index contributed by atoms with van der Waals surface area (Å²) in [6.07, 6.45) is -0.0612. The van der Waals surface area contributed by atoms with Crippen LogP contribution in [0.25, 0.3) is 0 Å². The second-order valence-corrected chi connectivity index (χ2v) is 2.92. The topological polar surface area (TPSA) is 33.0 Å². The number of hydrogen-bond donors (Lipinski definition) is 0. The number of hydrogen-bond acceptors (Lipinski definition) is 2. The molecule has 1 rings (SSSR count). The minimum absolute atomic E-state index is 0.0612. The standard InChI is InChI=1S/C10H10FNO/c1-7(2)13-10-5-9(11)4-3-8(10)6-12/h3-5,7H,1-2H3. The van der Waals surface area contributed by atoms with E-state index in [2.05, 4.69) is 0 Å². The predicted octanol–water partition coefficient (Wildman–Crippen LogP) is 2.48. The lowest BCUT2D eigenvalue weighted by molar-refractivity contribution is 0.240. The van der Waals surface area contributed by atoms with Crippen LogP contribution in [0.15, 0.2) is 18.2 Å². The normalized spacial score (nSPS) is 9.77. The first-order valence-electron chi connectivity index (χ1n) is 4.00. The van der Waals surface area contributed by atoms with Gasteiger partial charge in [0.1, 0.15) is 17.6 Å². The van der Waals surface area contributed by atoms with Crippen LogP contribution in [0.4, 0.5) is 4.39 Å². The molecule has 0 spiro atoms. The first-order chi connectivity index (χ1) is 6.13. The molecule has 0 amide bonds. The summed E-state index contributed by atoms with van der Waals surface area (Å²) in [5, 5.41) is 8.67. The second kappa shape index (κ2) is 3.90. The van der Waals surface area contributed by atoms with Gasteiger partial charge in [-0.25, -0.2) is 4.39 Å². The largest absolute Gasteiger partial charge is 0.490 e. The predicted molar refractivity (Wildman–Crippen MR) is 46.9 cm³/mol. The minimum Gasteiger partial charge on any atom is -0.490 e. The highest BCUT2D eigenvalue weighted by atomic mass is 19.1. The van der Waals surface area contributed by atoms with Gasteiger partial charge in [-0.2, -0.15) is 5.26 Å². The molecule has 68 valence electrons. The molecule has 0 aromatic heterocycles. The highest BCUT2D eigenvalue weighted by molar-refractivity contribution is 5.43. The van der Waals surface area contributed by atoms with Gasteiger partial charge in [0.25, 0.3) is 0 Å². The Bertz CT molecular complexity index is 341. The van der Waals surface area contributed by atoms with E-state index in [1.54, 1.807) is 0 Å². The molecule has 0 atom stereocenters. The van der Waals surface area contributed by atoms with E-state index in [1.165, 1.54) is 18.2 Å². The van der Waals surface area contributed by atoms with Crippen LogP contribution in [-0.2, 0) is 0 Å². The van der Waals surface area contributed by atoms with E-state index in [-0.39, 0.29) is 6.10 Å². The molecule has 0 aliphatic heterocycles. The number of rotatable bonds is 2. The Balaban J connectivity index is 3.03. The summed E-state index contributed by atoms with van der Waals surface area (Å²) >= 11 is 0. The van der Waals surface area contributed by atoms with Crippen molar-refractivity contribution in [2.75, 3.05) is 0 Å². The van der Waals surface area contributed by atoms with E-state index in [9.17, 15) is 4.39 Å². The van der Waals surface area contributed by atoms with Crippen LogP contribution in [-0.4, -0.2) is 6.10 Å². The summed E-state index contributed by atoms with van der Waals surface area (Å²) in [7, 11) is 0. The van der Waals surface area contributed by atoms with Gasteiger partial charge in [-0.3, -0.25) is 0 Å². The van der Waals surface area contributed by atoms with Crippen LogP contribution in [0.2, 0.25) is 0 Å². The highest BCUT2D eigenvalue weighted by Crippen LogP contribution is 2.19. The van der Waals surface area contributed by atoms with Crippen molar-refractivity contribution in [3.63, 3.8) is 0 Å². The zero-order valence-electron chi connectivity index (χ0n) is 7.54. The van der Waals surface area contributed by atoms with E-state index < -0.39 is 5.82 Å². The maximum Gasteiger partial charge on any atom is 0.140 e. The molecule has 0 radical (unpaired) electrons. The monoisotopic (exact) mass is 179 g/mol. The van der Waals surface area contributed by atoms with Crippen LogP contribution in [0.3, 0.4) is 0 Å². The Morgan fingerprint density at radius 1 is 1.46 bits per heavy atom. The van der Waals surface area contributed by atoms with E-state index in [0.717, 1.165) is 0 Å². The van der Waals surface area contributed by atoms with Crippen LogP contribution >= 0.6 is 0 Å². The number of benzene rings is 1. The van der Waals surface area contributed by atoms with Crippen molar-refractivity contribution in [1.82, 2.24) is 0 Å². The number of nitrogens with zero attached hydrogens (tertiary/aromatic N) is 1. The van der Waals surface area contributed by atoms with Gasteiger partial charge < -0.3 is 4.74 Å². The Kier molecular flexibility index (Phi) is 2.86. The third kappa shape index (κ3) is 2.45. The third-order valence-electron chi connectivity index (χ3n) is 1.43. The lowest BCUT2D eigenvalue weighted by Gasteiger charge is -2.10. The number of nitriles is 1. The molecule has 1 aromatic rings. The quantitative estimate of drug-likeness (QED) is 0.698. The van der Waals surface area contributed by atoms with Crippen molar-refractivity contribution in [1.29, 1.82) is 5.26 Å². The first-order valence-corrected chi connectivity index (χ1v) is 4.00. The second-order valence-electron chi connectivity index (χ2n) is 2.92. The van der Waals surface area contributed by atoms with E-state index in [4.69, 9.17) is 10.00 Å². The SMILES string of the molecule is CC(C)Oc1cc(F)ccc1C#N. The molecule has 2 nitrogen and oxygen atoms in total. The smallest absolute Gasteiger partial charge is 0.140 e. The zero-order valence-corrected chi connectivity index (χ0v) is 7.54. The van der Waals surface area contributed by atoms with E-state index >= 15 is 0 Å². The Morgan fingerprint density at radius 3 is 2.69 bits per heavy atom. The van der Waals surface area contributed by atoms with Gasteiger partial charge in [-0.15, -0.1) is 0 Å². The number of ether oxygens (including phenoxy) is 1. The van der Waals surface area contributed by atoms with Crippen molar-refractivity contribution in [3.05, 3.63) is 29.6 Å². The van der Waals surface area contributed by atoms with Crippen LogP contribution in [0, 0.1) is 17.1 Å². The summed E-state index contributed by atoms with van der Waals surface area (Å²) in [4.78, 5) is 0. The van der Waals surface area contributed by atoms with Crippen molar-refractivity contribution < 1.29 is 9.13 Å². The van der Waals surface area contributed by atoms with Gasteiger partial charge >= 0.3 is 0 Å². The van der Waals surface area contributed by atoms with Crippen LogP contribution < -0.4 is 4.74 Å². The van der Waals surface area contributed by atoms with Crippen molar-refractivity contribution >= 4 is 0 Å². The maximum atomic E-state index is 12.7. The summed E-state index contributed by atoms with van der Waals surface area (Å²) in [5.74, 6) is -0.0906. The Morgan fingerprint density at radius 2 is 2.15 bits per heavy atom. The molecule has 13 heavy (non-hydrogen) atoms. The average Bonchev–Trinajstić information content (AvgIpc) is 2.03. The lowest BCUT2D eigenvalue weighted by atomic mass is 10.2.